The first-order valence-corrected chi connectivity index (χ1v) is 4.60. The molecule has 0 aliphatic heterocycles. The third-order valence-corrected chi connectivity index (χ3v) is 2.45. The normalized spacial score (nSPS) is 14.3. The highest BCUT2D eigenvalue weighted by Gasteiger charge is 2.30. The van der Waals surface area contributed by atoms with E-state index in [-0.39, 0.29) is 13.0 Å². The molecule has 0 aromatic heterocycles. The zero-order valence-electron chi connectivity index (χ0n) is 7.92. The first kappa shape index (κ1) is 11.7. The monoisotopic (exact) mass is 210 g/mol. The number of hydrogen-bond acceptors (Lipinski definition) is 2. The largest absolute Gasteiger partial charge is 0.465 e. The van der Waals surface area contributed by atoms with Crippen LogP contribution >= 0.6 is 0 Å². The summed E-state index contributed by atoms with van der Waals surface area (Å²) in [6.45, 7) is 0. The molecule has 1 aromatic rings. The number of ether oxygens (including phenoxy) is 1. The van der Waals surface area contributed by atoms with Crippen LogP contribution in [0.1, 0.15) is 42.1 Å². The Kier molecular flexibility index (Phi) is 3.45. The molecular weight excluding hydrogens is 195 g/mol. The minimum absolute atomic E-state index is 0. The molecule has 2 rings (SSSR count). The topological polar surface area (TPSA) is 26.3 Å². The number of carbonyl (C=O) groups excluding carboxylic acids is 1. The molecule has 0 spiro atoms. The smallest absolute Gasteiger partial charge is 0.341 e. The summed E-state index contributed by atoms with van der Waals surface area (Å²) in [5, 5.41) is 0. The lowest BCUT2D eigenvalue weighted by Crippen LogP contribution is -2.08. The number of benzene rings is 1. The van der Waals surface area contributed by atoms with Gasteiger partial charge >= 0.3 is 5.97 Å². The van der Waals surface area contributed by atoms with Crippen LogP contribution < -0.4 is 0 Å². The van der Waals surface area contributed by atoms with E-state index < -0.39 is 11.8 Å². The van der Waals surface area contributed by atoms with Crippen LogP contribution in [-0.2, 0) is 4.74 Å². The summed E-state index contributed by atoms with van der Waals surface area (Å²) in [6, 6.07) is 4.72. The molecule has 0 saturated heterocycles. The molecular formula is C12H15FO2. The maximum Gasteiger partial charge on any atom is 0.341 e. The van der Waals surface area contributed by atoms with E-state index in [0.717, 1.165) is 18.4 Å². The zero-order valence-corrected chi connectivity index (χ0v) is 7.92. The summed E-state index contributed by atoms with van der Waals surface area (Å²) >= 11 is 0. The molecule has 0 radical (unpaired) electrons. The van der Waals surface area contributed by atoms with Gasteiger partial charge in [-0.1, -0.05) is 19.6 Å². The van der Waals surface area contributed by atoms with Crippen LogP contribution in [0.25, 0.3) is 0 Å². The molecule has 0 unspecified atom stereocenters. The van der Waals surface area contributed by atoms with Gasteiger partial charge in [0.2, 0.25) is 0 Å². The minimum Gasteiger partial charge on any atom is -0.465 e. The number of hydrogen-bond donors (Lipinski definition) is 0. The van der Waals surface area contributed by atoms with Crippen LogP contribution in [0.2, 0.25) is 0 Å². The Morgan fingerprint density at radius 1 is 1.47 bits per heavy atom. The van der Waals surface area contributed by atoms with E-state index in [1.165, 1.54) is 13.2 Å². The number of methoxy groups -OCH3 is 1. The van der Waals surface area contributed by atoms with Crippen molar-refractivity contribution >= 4 is 5.97 Å². The van der Waals surface area contributed by atoms with Crippen molar-refractivity contribution in [3.05, 3.63) is 35.1 Å². The fourth-order valence-corrected chi connectivity index (χ4v) is 1.59. The molecule has 0 heterocycles. The van der Waals surface area contributed by atoms with Crippen molar-refractivity contribution in [1.29, 1.82) is 0 Å². The van der Waals surface area contributed by atoms with Crippen LogP contribution in [0, 0.1) is 5.82 Å². The summed E-state index contributed by atoms with van der Waals surface area (Å²) in [4.78, 5) is 11.3. The van der Waals surface area contributed by atoms with Gasteiger partial charge in [-0.15, -0.1) is 0 Å². The molecule has 82 valence electrons. The van der Waals surface area contributed by atoms with Gasteiger partial charge in [-0.25, -0.2) is 9.18 Å². The maximum absolute atomic E-state index is 13.4. The predicted molar refractivity (Wildman–Crippen MR) is 56.4 cm³/mol. The zero-order chi connectivity index (χ0) is 10.1. The molecule has 1 saturated carbocycles. The lowest BCUT2D eigenvalue weighted by Gasteiger charge is -2.07. The van der Waals surface area contributed by atoms with Crippen molar-refractivity contribution in [3.8, 4) is 0 Å². The Morgan fingerprint density at radius 3 is 2.67 bits per heavy atom. The molecule has 0 N–H and O–H groups in total. The molecule has 2 nitrogen and oxygen atoms in total. The van der Waals surface area contributed by atoms with Crippen molar-refractivity contribution in [3.63, 3.8) is 0 Å². The predicted octanol–water partition coefficient (Wildman–Crippen LogP) is 3.13. The standard InChI is InChI=1S/C11H11FO2.CH4/c1-14-11(13)10-8(7-5-6-7)3-2-4-9(10)12;/h2-4,7H,5-6H2,1H3;1H4. The Bertz CT molecular complexity index is 370. The van der Waals surface area contributed by atoms with Gasteiger partial charge in [0.05, 0.1) is 12.7 Å². The van der Waals surface area contributed by atoms with E-state index in [2.05, 4.69) is 4.74 Å². The fourth-order valence-electron chi connectivity index (χ4n) is 1.59. The van der Waals surface area contributed by atoms with Gasteiger partial charge in [0.15, 0.2) is 0 Å². The van der Waals surface area contributed by atoms with Gasteiger partial charge < -0.3 is 4.74 Å². The average Bonchev–Trinajstić information content (AvgIpc) is 2.99. The van der Waals surface area contributed by atoms with Gasteiger partial charge in [0.25, 0.3) is 0 Å². The first-order valence-electron chi connectivity index (χ1n) is 4.60. The van der Waals surface area contributed by atoms with Crippen molar-refractivity contribution in [2.24, 2.45) is 0 Å². The Labute approximate surface area is 89.1 Å². The Hall–Kier alpha value is -1.38. The molecule has 3 heteroatoms. The highest BCUT2D eigenvalue weighted by Crippen LogP contribution is 2.42. The van der Waals surface area contributed by atoms with Gasteiger partial charge in [-0.2, -0.15) is 0 Å². The molecule has 1 aliphatic carbocycles. The molecule has 0 bridgehead atoms. The second-order valence-electron chi connectivity index (χ2n) is 3.47. The van der Waals surface area contributed by atoms with Crippen molar-refractivity contribution in [2.75, 3.05) is 7.11 Å². The summed E-state index contributed by atoms with van der Waals surface area (Å²) in [5.41, 5.74) is 0.898. The average molecular weight is 210 g/mol. The molecule has 1 fully saturated rings. The number of halogens is 1. The first-order chi connectivity index (χ1) is 6.74. The van der Waals surface area contributed by atoms with Crippen molar-refractivity contribution in [2.45, 2.75) is 26.2 Å². The highest BCUT2D eigenvalue weighted by molar-refractivity contribution is 5.91. The van der Waals surface area contributed by atoms with Crippen LogP contribution in [0.15, 0.2) is 18.2 Å². The molecule has 1 aromatic carbocycles. The lowest BCUT2D eigenvalue weighted by molar-refractivity contribution is 0.0594. The quantitative estimate of drug-likeness (QED) is 0.701. The van der Waals surface area contributed by atoms with Crippen LogP contribution in [0.4, 0.5) is 4.39 Å². The Morgan fingerprint density at radius 2 is 2.13 bits per heavy atom. The lowest BCUT2D eigenvalue weighted by atomic mass is 10.0. The summed E-state index contributed by atoms with van der Waals surface area (Å²) in [6.07, 6.45) is 2.07. The van der Waals surface area contributed by atoms with Crippen LogP contribution in [-0.4, -0.2) is 13.1 Å². The summed E-state index contributed by atoms with van der Waals surface area (Å²) in [7, 11) is 1.27. The molecule has 0 amide bonds. The van der Waals surface area contributed by atoms with Gasteiger partial charge in [0, 0.05) is 0 Å². The van der Waals surface area contributed by atoms with Crippen LogP contribution in [0.3, 0.4) is 0 Å². The molecule has 0 atom stereocenters. The maximum atomic E-state index is 13.4. The molecule has 15 heavy (non-hydrogen) atoms. The van der Waals surface area contributed by atoms with E-state index in [4.69, 9.17) is 0 Å². The minimum atomic E-state index is -0.579. The second kappa shape index (κ2) is 4.43. The third-order valence-electron chi connectivity index (χ3n) is 2.45. The highest BCUT2D eigenvalue weighted by atomic mass is 19.1. The fraction of sp³-hybridized carbons (Fsp3) is 0.417. The third kappa shape index (κ3) is 2.17. The van der Waals surface area contributed by atoms with Gasteiger partial charge in [-0.3, -0.25) is 0 Å². The van der Waals surface area contributed by atoms with E-state index >= 15 is 0 Å². The van der Waals surface area contributed by atoms with Gasteiger partial charge in [-0.05, 0) is 30.4 Å². The van der Waals surface area contributed by atoms with Crippen LogP contribution in [0.5, 0.6) is 0 Å². The Balaban J connectivity index is 0.00000112. The summed E-state index contributed by atoms with van der Waals surface area (Å²) in [5.74, 6) is -0.717. The van der Waals surface area contributed by atoms with E-state index in [0.29, 0.717) is 5.92 Å². The second-order valence-corrected chi connectivity index (χ2v) is 3.47. The summed E-state index contributed by atoms with van der Waals surface area (Å²) < 4.78 is 17.9. The SMILES string of the molecule is C.COC(=O)c1c(F)cccc1C1CC1. The number of rotatable bonds is 2. The van der Waals surface area contributed by atoms with E-state index in [1.54, 1.807) is 12.1 Å². The van der Waals surface area contributed by atoms with Crippen molar-refractivity contribution in [1.82, 2.24) is 0 Å². The van der Waals surface area contributed by atoms with E-state index in [9.17, 15) is 9.18 Å². The van der Waals surface area contributed by atoms with E-state index in [1.807, 2.05) is 0 Å². The number of esters is 1. The number of carbonyl (C=O) groups is 1. The van der Waals surface area contributed by atoms with Crippen molar-refractivity contribution < 1.29 is 13.9 Å². The molecule has 1 aliphatic rings. The van der Waals surface area contributed by atoms with Gasteiger partial charge in [0.1, 0.15) is 5.82 Å².